The fourth-order valence-electron chi connectivity index (χ4n) is 3.40. The van der Waals surface area contributed by atoms with Gasteiger partial charge >= 0.3 is 0 Å². The molecule has 1 N–H and O–H groups in total. The van der Waals surface area contributed by atoms with Crippen LogP contribution in [0.5, 0.6) is 0 Å². The Bertz CT molecular complexity index is 1100. The minimum absolute atomic E-state index is 0.00460. The fraction of sp³-hybridized carbons (Fsp3) is 0.208. The van der Waals surface area contributed by atoms with Crippen molar-refractivity contribution in [3.8, 4) is 17.3 Å². The summed E-state index contributed by atoms with van der Waals surface area (Å²) in [7, 11) is 0. The first-order valence-corrected chi connectivity index (χ1v) is 11.3. The van der Waals surface area contributed by atoms with Crippen molar-refractivity contribution in [3.05, 3.63) is 84.6 Å². The molecule has 0 aliphatic rings. The molecule has 31 heavy (non-hydrogen) atoms. The molecule has 0 saturated heterocycles. The number of hydrogen-bond donors (Lipinski definition) is 1. The lowest BCUT2D eigenvalue weighted by molar-refractivity contribution is -0.119. The number of aromatic nitrogens is 3. The number of thioether (sulfide) groups is 1. The van der Waals surface area contributed by atoms with Crippen LogP contribution in [-0.4, -0.2) is 26.4 Å². The maximum atomic E-state index is 12.8. The molecule has 1 unspecified atom stereocenters. The smallest absolute Gasteiger partial charge is 0.230 e. The molecule has 1 amide bonds. The van der Waals surface area contributed by atoms with Gasteiger partial charge < -0.3 is 9.73 Å². The second-order valence-corrected chi connectivity index (χ2v) is 8.01. The van der Waals surface area contributed by atoms with Gasteiger partial charge in [0.15, 0.2) is 10.9 Å². The number of rotatable bonds is 9. The number of nitrogens with zero attached hydrogens (tertiary/aromatic N) is 3. The molecule has 0 saturated carbocycles. The normalized spacial score (nSPS) is 11.9. The number of hydrogen-bond acceptors (Lipinski definition) is 5. The van der Waals surface area contributed by atoms with E-state index in [0.717, 1.165) is 24.1 Å². The van der Waals surface area contributed by atoms with Crippen molar-refractivity contribution in [2.24, 2.45) is 0 Å². The van der Waals surface area contributed by atoms with Crippen molar-refractivity contribution in [2.45, 2.75) is 31.0 Å². The Morgan fingerprint density at radius 3 is 2.45 bits per heavy atom. The number of nitrogens with one attached hydrogen (secondary N) is 1. The van der Waals surface area contributed by atoms with E-state index in [-0.39, 0.29) is 17.7 Å². The van der Waals surface area contributed by atoms with Gasteiger partial charge in [-0.2, -0.15) is 0 Å². The van der Waals surface area contributed by atoms with E-state index in [1.165, 1.54) is 11.8 Å². The van der Waals surface area contributed by atoms with Gasteiger partial charge in [0, 0.05) is 5.69 Å². The lowest BCUT2D eigenvalue weighted by atomic mass is 10.0. The topological polar surface area (TPSA) is 73.0 Å². The van der Waals surface area contributed by atoms with Crippen LogP contribution < -0.4 is 5.32 Å². The minimum atomic E-state index is -0.0329. The fourth-order valence-corrected chi connectivity index (χ4v) is 4.16. The highest BCUT2D eigenvalue weighted by Gasteiger charge is 2.20. The summed E-state index contributed by atoms with van der Waals surface area (Å²) in [6, 6.07) is 23.6. The monoisotopic (exact) mass is 432 g/mol. The highest BCUT2D eigenvalue weighted by atomic mass is 32.2. The first-order valence-electron chi connectivity index (χ1n) is 10.3. The van der Waals surface area contributed by atoms with Gasteiger partial charge in [0.25, 0.3) is 0 Å². The quantitative estimate of drug-likeness (QED) is 0.365. The molecule has 0 radical (unpaired) electrons. The third-order valence-corrected chi connectivity index (χ3v) is 5.77. The summed E-state index contributed by atoms with van der Waals surface area (Å²) in [4.78, 5) is 12.8. The number of furan rings is 1. The van der Waals surface area contributed by atoms with Crippen molar-refractivity contribution in [2.75, 3.05) is 5.75 Å². The van der Waals surface area contributed by atoms with Gasteiger partial charge in [-0.25, -0.2) is 0 Å². The van der Waals surface area contributed by atoms with Crippen LogP contribution in [0.15, 0.2) is 88.6 Å². The summed E-state index contributed by atoms with van der Waals surface area (Å²) in [5.74, 6) is 1.44. The van der Waals surface area contributed by atoms with E-state index in [1.807, 2.05) is 65.2 Å². The molecule has 7 heteroatoms. The molecule has 0 spiro atoms. The zero-order valence-electron chi connectivity index (χ0n) is 17.3. The standard InChI is InChI=1S/C24H24N4O2S/c1-2-10-20(18-11-5-3-6-12-18)25-22(29)17-31-24-27-26-23(21-15-9-16-30-21)28(24)19-13-7-4-8-14-19/h3-9,11-16,20H,2,10,17H2,1H3,(H,25,29). The molecule has 1 atom stereocenters. The summed E-state index contributed by atoms with van der Waals surface area (Å²) >= 11 is 1.36. The van der Waals surface area contributed by atoms with E-state index >= 15 is 0 Å². The first-order chi connectivity index (χ1) is 15.3. The maximum absolute atomic E-state index is 12.8. The molecule has 2 aromatic carbocycles. The molecule has 0 bridgehead atoms. The van der Waals surface area contributed by atoms with Gasteiger partial charge in [0.1, 0.15) is 0 Å². The Hall–Kier alpha value is -3.32. The molecule has 2 heterocycles. The SMILES string of the molecule is CCCC(NC(=O)CSc1nnc(-c2ccco2)n1-c1ccccc1)c1ccccc1. The van der Waals surface area contributed by atoms with E-state index in [9.17, 15) is 4.79 Å². The van der Waals surface area contributed by atoms with E-state index in [1.54, 1.807) is 6.26 Å². The summed E-state index contributed by atoms with van der Waals surface area (Å²) in [5, 5.41) is 12.4. The molecule has 158 valence electrons. The average Bonchev–Trinajstić information content (AvgIpc) is 3.48. The maximum Gasteiger partial charge on any atom is 0.230 e. The summed E-state index contributed by atoms with van der Waals surface area (Å²) in [5.41, 5.74) is 2.03. The molecule has 4 rings (SSSR count). The van der Waals surface area contributed by atoms with E-state index in [4.69, 9.17) is 4.42 Å². The lowest BCUT2D eigenvalue weighted by Crippen LogP contribution is -2.30. The van der Waals surface area contributed by atoms with E-state index < -0.39 is 0 Å². The summed E-state index contributed by atoms with van der Waals surface area (Å²) in [6.07, 6.45) is 3.49. The predicted molar refractivity (Wildman–Crippen MR) is 122 cm³/mol. The molecule has 0 aliphatic heterocycles. The molecule has 2 aromatic heterocycles. The molecular weight excluding hydrogens is 408 g/mol. The van der Waals surface area contributed by atoms with Crippen LogP contribution >= 0.6 is 11.8 Å². The van der Waals surface area contributed by atoms with Crippen LogP contribution in [0.2, 0.25) is 0 Å². The number of para-hydroxylation sites is 1. The number of benzene rings is 2. The number of carbonyl (C=O) groups is 1. The minimum Gasteiger partial charge on any atom is -0.461 e. The lowest BCUT2D eigenvalue weighted by Gasteiger charge is -2.18. The molecule has 4 aromatic rings. The second-order valence-electron chi connectivity index (χ2n) is 7.06. The number of carbonyl (C=O) groups excluding carboxylic acids is 1. The Balaban J connectivity index is 1.51. The Morgan fingerprint density at radius 2 is 1.77 bits per heavy atom. The zero-order chi connectivity index (χ0) is 21.5. The van der Waals surface area contributed by atoms with Crippen LogP contribution in [0.4, 0.5) is 0 Å². The Kier molecular flexibility index (Phi) is 6.84. The highest BCUT2D eigenvalue weighted by Crippen LogP contribution is 2.28. The van der Waals surface area contributed by atoms with Crippen molar-refractivity contribution in [3.63, 3.8) is 0 Å². The van der Waals surface area contributed by atoms with Crippen molar-refractivity contribution >= 4 is 17.7 Å². The van der Waals surface area contributed by atoms with Gasteiger partial charge in [-0.1, -0.05) is 73.6 Å². The molecule has 0 fully saturated rings. The summed E-state index contributed by atoms with van der Waals surface area (Å²) in [6.45, 7) is 2.12. The molecule has 6 nitrogen and oxygen atoms in total. The van der Waals surface area contributed by atoms with Crippen LogP contribution in [0.3, 0.4) is 0 Å². The highest BCUT2D eigenvalue weighted by molar-refractivity contribution is 7.99. The Morgan fingerprint density at radius 1 is 1.03 bits per heavy atom. The number of amides is 1. The van der Waals surface area contributed by atoms with Gasteiger partial charge in [-0.3, -0.25) is 9.36 Å². The van der Waals surface area contributed by atoms with Gasteiger partial charge in [0.2, 0.25) is 11.7 Å². The summed E-state index contributed by atoms with van der Waals surface area (Å²) < 4.78 is 7.45. The van der Waals surface area contributed by atoms with Crippen LogP contribution in [-0.2, 0) is 4.79 Å². The molecular formula is C24H24N4O2S. The van der Waals surface area contributed by atoms with Crippen molar-refractivity contribution < 1.29 is 9.21 Å². The Labute approximate surface area is 185 Å². The second kappa shape index (κ2) is 10.1. The zero-order valence-corrected chi connectivity index (χ0v) is 18.1. The van der Waals surface area contributed by atoms with Gasteiger partial charge in [-0.05, 0) is 36.2 Å². The third kappa shape index (κ3) is 5.06. The van der Waals surface area contributed by atoms with Gasteiger partial charge in [-0.15, -0.1) is 10.2 Å². The average molecular weight is 433 g/mol. The van der Waals surface area contributed by atoms with E-state index in [2.05, 4.69) is 34.6 Å². The predicted octanol–water partition coefficient (Wildman–Crippen LogP) is 5.28. The van der Waals surface area contributed by atoms with Crippen molar-refractivity contribution in [1.82, 2.24) is 20.1 Å². The first kappa shape index (κ1) is 20.9. The van der Waals surface area contributed by atoms with Crippen LogP contribution in [0, 0.1) is 0 Å². The molecule has 0 aliphatic carbocycles. The van der Waals surface area contributed by atoms with E-state index in [0.29, 0.717) is 16.7 Å². The third-order valence-electron chi connectivity index (χ3n) is 4.84. The van der Waals surface area contributed by atoms with Crippen LogP contribution in [0.1, 0.15) is 31.4 Å². The van der Waals surface area contributed by atoms with Crippen molar-refractivity contribution in [1.29, 1.82) is 0 Å². The van der Waals surface area contributed by atoms with Crippen LogP contribution in [0.25, 0.3) is 17.3 Å². The largest absolute Gasteiger partial charge is 0.461 e. The van der Waals surface area contributed by atoms with Gasteiger partial charge in [0.05, 0.1) is 18.1 Å².